The van der Waals surface area contributed by atoms with Gasteiger partial charge in [0.05, 0.1) is 19.8 Å². The largest absolute Gasteiger partial charge is 0.493 e. The third kappa shape index (κ3) is 5.57. The van der Waals surface area contributed by atoms with E-state index in [2.05, 4.69) is 13.0 Å². The zero-order valence-corrected chi connectivity index (χ0v) is 14.7. The first kappa shape index (κ1) is 18.3. The number of unbranched alkanes of at least 4 members (excludes halogenated alkanes) is 2. The van der Waals surface area contributed by atoms with Gasteiger partial charge in [0, 0.05) is 0 Å². The van der Waals surface area contributed by atoms with Gasteiger partial charge in [-0.1, -0.05) is 56.2 Å². The van der Waals surface area contributed by atoms with Crippen LogP contribution in [0.25, 0.3) is 0 Å². The Labute approximate surface area is 145 Å². The Hall–Kier alpha value is -2.00. The first-order chi connectivity index (χ1) is 11.7. The Kier molecular flexibility index (Phi) is 7.63. The second-order valence-corrected chi connectivity index (χ2v) is 6.01. The van der Waals surface area contributed by atoms with Crippen LogP contribution >= 0.6 is 0 Å². The van der Waals surface area contributed by atoms with Crippen molar-refractivity contribution >= 4 is 0 Å². The summed E-state index contributed by atoms with van der Waals surface area (Å²) in [4.78, 5) is 0. The molecular formula is C21H28O3. The molecule has 1 atom stereocenters. The number of hydrogen-bond acceptors (Lipinski definition) is 3. The predicted octanol–water partition coefficient (Wildman–Crippen LogP) is 4.93. The fourth-order valence-corrected chi connectivity index (χ4v) is 2.67. The Morgan fingerprint density at radius 3 is 2.50 bits per heavy atom. The smallest absolute Gasteiger partial charge is 0.161 e. The van der Waals surface area contributed by atoms with Crippen LogP contribution in [0.4, 0.5) is 0 Å². The molecule has 0 aliphatic carbocycles. The maximum absolute atomic E-state index is 10.3. The van der Waals surface area contributed by atoms with Crippen molar-refractivity contribution in [1.29, 1.82) is 0 Å². The number of ether oxygens (including phenoxy) is 2. The molecule has 2 aromatic carbocycles. The maximum Gasteiger partial charge on any atom is 0.161 e. The second-order valence-electron chi connectivity index (χ2n) is 6.01. The van der Waals surface area contributed by atoms with E-state index in [9.17, 15) is 5.11 Å². The van der Waals surface area contributed by atoms with E-state index in [1.807, 2.05) is 42.5 Å². The number of aliphatic hydroxyl groups excluding tert-OH is 1. The standard InChI is InChI=1S/C21H28O3/c1-3-4-8-15-24-20-14-12-17(16-21(20)23-2)11-13-19(22)18-9-6-5-7-10-18/h5-7,9-10,12,14,16,19,22H,3-4,8,11,13,15H2,1-2H3. The van der Waals surface area contributed by atoms with Crippen LogP contribution in [0.2, 0.25) is 0 Å². The zero-order chi connectivity index (χ0) is 17.2. The highest BCUT2D eigenvalue weighted by atomic mass is 16.5. The highest BCUT2D eigenvalue weighted by Crippen LogP contribution is 2.29. The van der Waals surface area contributed by atoms with Crippen LogP contribution in [-0.2, 0) is 6.42 Å². The molecule has 3 heteroatoms. The van der Waals surface area contributed by atoms with Gasteiger partial charge in [-0.3, -0.25) is 0 Å². The van der Waals surface area contributed by atoms with Gasteiger partial charge in [0.2, 0.25) is 0 Å². The molecular weight excluding hydrogens is 300 g/mol. The van der Waals surface area contributed by atoms with Crippen LogP contribution in [0.15, 0.2) is 48.5 Å². The van der Waals surface area contributed by atoms with E-state index in [1.165, 1.54) is 12.8 Å². The van der Waals surface area contributed by atoms with Crippen molar-refractivity contribution < 1.29 is 14.6 Å². The molecule has 0 fully saturated rings. The van der Waals surface area contributed by atoms with Crippen LogP contribution in [0, 0.1) is 0 Å². The summed E-state index contributed by atoms with van der Waals surface area (Å²) in [5.74, 6) is 1.55. The molecule has 0 aliphatic rings. The summed E-state index contributed by atoms with van der Waals surface area (Å²) >= 11 is 0. The van der Waals surface area contributed by atoms with Crippen LogP contribution < -0.4 is 9.47 Å². The second kappa shape index (κ2) is 9.99. The summed E-state index contributed by atoms with van der Waals surface area (Å²) < 4.78 is 11.3. The van der Waals surface area contributed by atoms with E-state index in [4.69, 9.17) is 9.47 Å². The third-order valence-corrected chi connectivity index (χ3v) is 4.12. The SMILES string of the molecule is CCCCCOc1ccc(CCC(O)c2ccccc2)cc1OC. The van der Waals surface area contributed by atoms with Gasteiger partial charge in [-0.25, -0.2) is 0 Å². The molecule has 2 rings (SSSR count). The first-order valence-corrected chi connectivity index (χ1v) is 8.77. The fourth-order valence-electron chi connectivity index (χ4n) is 2.67. The van der Waals surface area contributed by atoms with E-state index in [1.54, 1.807) is 7.11 Å². The summed E-state index contributed by atoms with van der Waals surface area (Å²) in [6.07, 6.45) is 4.46. The molecule has 130 valence electrons. The normalized spacial score (nSPS) is 12.0. The quantitative estimate of drug-likeness (QED) is 0.628. The minimum Gasteiger partial charge on any atom is -0.493 e. The van der Waals surface area contributed by atoms with Gasteiger partial charge in [0.25, 0.3) is 0 Å². The summed E-state index contributed by atoms with van der Waals surface area (Å²) in [5.41, 5.74) is 2.10. The highest BCUT2D eigenvalue weighted by Gasteiger charge is 2.10. The lowest BCUT2D eigenvalue weighted by molar-refractivity contribution is 0.168. The first-order valence-electron chi connectivity index (χ1n) is 8.77. The lowest BCUT2D eigenvalue weighted by Crippen LogP contribution is -2.01. The van der Waals surface area contributed by atoms with Crippen LogP contribution in [-0.4, -0.2) is 18.8 Å². The number of methoxy groups -OCH3 is 1. The van der Waals surface area contributed by atoms with Crippen LogP contribution in [0.5, 0.6) is 11.5 Å². The van der Waals surface area contributed by atoms with E-state index in [-0.39, 0.29) is 0 Å². The minimum absolute atomic E-state index is 0.442. The number of benzene rings is 2. The highest BCUT2D eigenvalue weighted by molar-refractivity contribution is 5.43. The average molecular weight is 328 g/mol. The molecule has 1 unspecified atom stereocenters. The van der Waals surface area contributed by atoms with Crippen LogP contribution in [0.1, 0.15) is 49.8 Å². The molecule has 0 aliphatic heterocycles. The van der Waals surface area contributed by atoms with E-state index >= 15 is 0 Å². The predicted molar refractivity (Wildman–Crippen MR) is 97.7 cm³/mol. The number of hydrogen-bond donors (Lipinski definition) is 1. The van der Waals surface area contributed by atoms with Crippen molar-refractivity contribution in [2.75, 3.05) is 13.7 Å². The van der Waals surface area contributed by atoms with Gasteiger partial charge in [-0.15, -0.1) is 0 Å². The van der Waals surface area contributed by atoms with Gasteiger partial charge in [0.15, 0.2) is 11.5 Å². The molecule has 0 saturated heterocycles. The summed E-state index contributed by atoms with van der Waals surface area (Å²) in [5, 5.41) is 10.3. The zero-order valence-electron chi connectivity index (χ0n) is 14.7. The molecule has 0 spiro atoms. The lowest BCUT2D eigenvalue weighted by Gasteiger charge is -2.14. The van der Waals surface area contributed by atoms with Crippen molar-refractivity contribution in [2.24, 2.45) is 0 Å². The van der Waals surface area contributed by atoms with E-state index in [0.717, 1.165) is 42.1 Å². The molecule has 0 amide bonds. The average Bonchev–Trinajstić information content (AvgIpc) is 2.64. The van der Waals surface area contributed by atoms with Gasteiger partial charge in [-0.05, 0) is 42.5 Å². The molecule has 0 aromatic heterocycles. The molecule has 3 nitrogen and oxygen atoms in total. The Bertz CT molecular complexity index is 595. The third-order valence-electron chi connectivity index (χ3n) is 4.12. The molecule has 0 radical (unpaired) electrons. The van der Waals surface area contributed by atoms with Crippen LogP contribution in [0.3, 0.4) is 0 Å². The van der Waals surface area contributed by atoms with Gasteiger partial charge < -0.3 is 14.6 Å². The maximum atomic E-state index is 10.3. The molecule has 24 heavy (non-hydrogen) atoms. The number of rotatable bonds is 10. The van der Waals surface area contributed by atoms with Crippen molar-refractivity contribution in [2.45, 2.75) is 45.1 Å². The number of aliphatic hydroxyl groups is 1. The Balaban J connectivity index is 1.91. The topological polar surface area (TPSA) is 38.7 Å². The molecule has 0 heterocycles. The Morgan fingerprint density at radius 2 is 1.79 bits per heavy atom. The minimum atomic E-state index is -0.442. The lowest BCUT2D eigenvalue weighted by atomic mass is 10.0. The molecule has 0 bridgehead atoms. The van der Waals surface area contributed by atoms with Crippen molar-refractivity contribution in [3.05, 3.63) is 59.7 Å². The van der Waals surface area contributed by atoms with Gasteiger partial charge >= 0.3 is 0 Å². The summed E-state index contributed by atoms with van der Waals surface area (Å²) in [6, 6.07) is 15.8. The monoisotopic (exact) mass is 328 g/mol. The Morgan fingerprint density at radius 1 is 1.00 bits per heavy atom. The van der Waals surface area contributed by atoms with Gasteiger partial charge in [-0.2, -0.15) is 0 Å². The van der Waals surface area contributed by atoms with Crippen molar-refractivity contribution in [1.82, 2.24) is 0 Å². The van der Waals surface area contributed by atoms with E-state index in [0.29, 0.717) is 6.42 Å². The number of aryl methyl sites for hydroxylation is 1. The van der Waals surface area contributed by atoms with Crippen molar-refractivity contribution in [3.63, 3.8) is 0 Å². The molecule has 2 aromatic rings. The summed E-state index contributed by atoms with van der Waals surface area (Å²) in [7, 11) is 1.66. The van der Waals surface area contributed by atoms with E-state index < -0.39 is 6.10 Å². The fraction of sp³-hybridized carbons (Fsp3) is 0.429. The molecule has 1 N–H and O–H groups in total. The molecule has 0 saturated carbocycles. The summed E-state index contributed by atoms with van der Waals surface area (Å²) in [6.45, 7) is 2.90. The van der Waals surface area contributed by atoms with Gasteiger partial charge in [0.1, 0.15) is 0 Å². The van der Waals surface area contributed by atoms with Crippen molar-refractivity contribution in [3.8, 4) is 11.5 Å².